The second-order valence-electron chi connectivity index (χ2n) is 5.95. The van der Waals surface area contributed by atoms with Crippen LogP contribution in [0.1, 0.15) is 12.5 Å². The van der Waals surface area contributed by atoms with Crippen LogP contribution < -0.4 is 10.2 Å². The fourth-order valence-electron chi connectivity index (χ4n) is 2.64. The maximum atomic E-state index is 13.6. The predicted octanol–water partition coefficient (Wildman–Crippen LogP) is 4.13. The van der Waals surface area contributed by atoms with Crippen molar-refractivity contribution in [3.8, 4) is 0 Å². The SMILES string of the molecule is CC(=O)N(c1cccc(F)c1)c1cc(NC(=O)Cc2ccccc2Cl)cnn1. The highest BCUT2D eigenvalue weighted by atomic mass is 35.5. The van der Waals surface area contributed by atoms with Crippen LogP contribution in [0, 0.1) is 5.82 Å². The van der Waals surface area contributed by atoms with Gasteiger partial charge in [-0.25, -0.2) is 4.39 Å². The number of nitrogens with zero attached hydrogens (tertiary/aromatic N) is 3. The third-order valence-corrected chi connectivity index (χ3v) is 4.21. The second kappa shape index (κ2) is 8.58. The highest BCUT2D eigenvalue weighted by Gasteiger charge is 2.18. The molecule has 0 saturated heterocycles. The molecule has 1 heterocycles. The quantitative estimate of drug-likeness (QED) is 0.701. The van der Waals surface area contributed by atoms with Crippen molar-refractivity contribution in [2.24, 2.45) is 0 Å². The van der Waals surface area contributed by atoms with Gasteiger partial charge in [0.25, 0.3) is 0 Å². The molecule has 142 valence electrons. The summed E-state index contributed by atoms with van der Waals surface area (Å²) in [5.74, 6) is -0.999. The summed E-state index contributed by atoms with van der Waals surface area (Å²) in [5.41, 5.74) is 1.35. The van der Waals surface area contributed by atoms with Crippen molar-refractivity contribution in [3.05, 3.63) is 77.2 Å². The van der Waals surface area contributed by atoms with Gasteiger partial charge in [-0.05, 0) is 29.8 Å². The molecule has 2 aromatic carbocycles. The summed E-state index contributed by atoms with van der Waals surface area (Å²) in [6.45, 7) is 1.33. The molecule has 0 radical (unpaired) electrons. The van der Waals surface area contributed by atoms with Crippen LogP contribution in [0.4, 0.5) is 21.6 Å². The summed E-state index contributed by atoms with van der Waals surface area (Å²) in [6.07, 6.45) is 1.44. The van der Waals surface area contributed by atoms with Gasteiger partial charge in [-0.1, -0.05) is 35.9 Å². The van der Waals surface area contributed by atoms with Gasteiger partial charge in [0.2, 0.25) is 11.8 Å². The zero-order valence-corrected chi connectivity index (χ0v) is 15.7. The lowest BCUT2D eigenvalue weighted by molar-refractivity contribution is -0.116. The third-order valence-electron chi connectivity index (χ3n) is 3.84. The lowest BCUT2D eigenvalue weighted by atomic mass is 10.1. The number of nitrogens with one attached hydrogen (secondary N) is 1. The molecule has 0 unspecified atom stereocenters. The average molecular weight is 399 g/mol. The van der Waals surface area contributed by atoms with E-state index in [-0.39, 0.29) is 24.1 Å². The topological polar surface area (TPSA) is 75.2 Å². The molecule has 0 spiro atoms. The number of hydrogen-bond acceptors (Lipinski definition) is 4. The molecule has 1 N–H and O–H groups in total. The molecule has 0 bridgehead atoms. The number of benzene rings is 2. The predicted molar refractivity (Wildman–Crippen MR) is 105 cm³/mol. The monoisotopic (exact) mass is 398 g/mol. The van der Waals surface area contributed by atoms with Crippen LogP contribution in [0.3, 0.4) is 0 Å². The van der Waals surface area contributed by atoms with Gasteiger partial charge in [0.05, 0.1) is 24.0 Å². The van der Waals surface area contributed by atoms with Gasteiger partial charge in [0.1, 0.15) is 5.82 Å². The van der Waals surface area contributed by atoms with Crippen LogP contribution in [0.25, 0.3) is 0 Å². The first kappa shape index (κ1) is 19.4. The minimum atomic E-state index is -0.485. The van der Waals surface area contributed by atoms with E-state index in [1.165, 1.54) is 42.3 Å². The molecular weight excluding hydrogens is 383 g/mol. The molecule has 2 amide bonds. The number of amides is 2. The van der Waals surface area contributed by atoms with Gasteiger partial charge >= 0.3 is 0 Å². The van der Waals surface area contributed by atoms with Crippen LogP contribution in [-0.2, 0) is 16.0 Å². The maximum absolute atomic E-state index is 13.6. The van der Waals surface area contributed by atoms with Crippen molar-refractivity contribution >= 4 is 40.6 Å². The van der Waals surface area contributed by atoms with E-state index >= 15 is 0 Å². The zero-order chi connectivity index (χ0) is 20.1. The van der Waals surface area contributed by atoms with Crippen molar-refractivity contribution in [1.82, 2.24) is 10.2 Å². The molecule has 28 heavy (non-hydrogen) atoms. The second-order valence-corrected chi connectivity index (χ2v) is 6.36. The van der Waals surface area contributed by atoms with E-state index in [2.05, 4.69) is 15.5 Å². The summed E-state index contributed by atoms with van der Waals surface area (Å²) in [4.78, 5) is 25.6. The molecule has 3 aromatic rings. The first-order chi connectivity index (χ1) is 13.4. The number of hydrogen-bond donors (Lipinski definition) is 1. The largest absolute Gasteiger partial charge is 0.324 e. The van der Waals surface area contributed by atoms with Gasteiger partial charge in [-0.15, -0.1) is 5.10 Å². The van der Waals surface area contributed by atoms with E-state index in [9.17, 15) is 14.0 Å². The molecule has 0 aliphatic carbocycles. The van der Waals surface area contributed by atoms with Crippen LogP contribution >= 0.6 is 11.6 Å². The Hall–Kier alpha value is -3.32. The Morgan fingerprint density at radius 3 is 2.64 bits per heavy atom. The van der Waals surface area contributed by atoms with Crippen LogP contribution in [0.2, 0.25) is 5.02 Å². The number of halogens is 2. The van der Waals surface area contributed by atoms with E-state index in [4.69, 9.17) is 11.6 Å². The van der Waals surface area contributed by atoms with E-state index in [0.717, 1.165) is 0 Å². The Bertz CT molecular complexity index is 1030. The average Bonchev–Trinajstić information content (AvgIpc) is 2.64. The highest BCUT2D eigenvalue weighted by Crippen LogP contribution is 2.26. The number of carbonyl (C=O) groups excluding carboxylic acids is 2. The molecule has 0 saturated carbocycles. The van der Waals surface area contributed by atoms with Crippen molar-refractivity contribution in [1.29, 1.82) is 0 Å². The summed E-state index contributed by atoms with van der Waals surface area (Å²) < 4.78 is 13.6. The van der Waals surface area contributed by atoms with Crippen LogP contribution in [-0.4, -0.2) is 22.0 Å². The van der Waals surface area contributed by atoms with Gasteiger partial charge < -0.3 is 5.32 Å². The van der Waals surface area contributed by atoms with E-state index in [1.807, 2.05) is 0 Å². The Morgan fingerprint density at radius 1 is 1.14 bits per heavy atom. The summed E-state index contributed by atoms with van der Waals surface area (Å²) in [7, 11) is 0. The molecule has 8 heteroatoms. The van der Waals surface area contributed by atoms with Gasteiger partial charge in [0, 0.05) is 18.0 Å². The summed E-state index contributed by atoms with van der Waals surface area (Å²) >= 11 is 6.08. The minimum absolute atomic E-state index is 0.0810. The molecule has 0 aliphatic heterocycles. The normalized spacial score (nSPS) is 10.4. The fraction of sp³-hybridized carbons (Fsp3) is 0.100. The smallest absolute Gasteiger partial charge is 0.229 e. The number of rotatable bonds is 5. The number of carbonyl (C=O) groups is 2. The minimum Gasteiger partial charge on any atom is -0.324 e. The Balaban J connectivity index is 1.81. The lowest BCUT2D eigenvalue weighted by Gasteiger charge is -2.20. The van der Waals surface area contributed by atoms with Crippen LogP contribution in [0.15, 0.2) is 60.8 Å². The number of anilines is 3. The maximum Gasteiger partial charge on any atom is 0.229 e. The van der Waals surface area contributed by atoms with Crippen LogP contribution in [0.5, 0.6) is 0 Å². The molecule has 0 atom stereocenters. The van der Waals surface area contributed by atoms with Crippen molar-refractivity contribution in [2.45, 2.75) is 13.3 Å². The van der Waals surface area contributed by atoms with Gasteiger partial charge in [0.15, 0.2) is 5.82 Å². The first-order valence-corrected chi connectivity index (χ1v) is 8.74. The van der Waals surface area contributed by atoms with Crippen molar-refractivity contribution < 1.29 is 14.0 Å². The Morgan fingerprint density at radius 2 is 1.93 bits per heavy atom. The molecule has 6 nitrogen and oxygen atoms in total. The summed E-state index contributed by atoms with van der Waals surface area (Å²) in [6, 6.07) is 14.1. The molecule has 3 rings (SSSR count). The third kappa shape index (κ3) is 4.69. The van der Waals surface area contributed by atoms with Crippen molar-refractivity contribution in [2.75, 3.05) is 10.2 Å². The first-order valence-electron chi connectivity index (χ1n) is 8.36. The molecule has 1 aromatic heterocycles. The lowest BCUT2D eigenvalue weighted by Crippen LogP contribution is -2.24. The van der Waals surface area contributed by atoms with Gasteiger partial charge in [-0.3, -0.25) is 14.5 Å². The fourth-order valence-corrected chi connectivity index (χ4v) is 2.85. The van der Waals surface area contributed by atoms with Gasteiger partial charge in [-0.2, -0.15) is 5.10 Å². The molecular formula is C20H16ClFN4O2. The van der Waals surface area contributed by atoms with E-state index < -0.39 is 5.82 Å². The zero-order valence-electron chi connectivity index (χ0n) is 14.9. The van der Waals surface area contributed by atoms with E-state index in [1.54, 1.807) is 30.3 Å². The highest BCUT2D eigenvalue weighted by molar-refractivity contribution is 6.31. The van der Waals surface area contributed by atoms with Crippen molar-refractivity contribution in [3.63, 3.8) is 0 Å². The summed E-state index contributed by atoms with van der Waals surface area (Å²) in [5, 5.41) is 11.0. The van der Waals surface area contributed by atoms with E-state index in [0.29, 0.717) is 22.0 Å². The number of aromatic nitrogens is 2. The Kier molecular flexibility index (Phi) is 5.96. The Labute approximate surface area is 166 Å². The molecule has 0 aliphatic rings. The standard InChI is InChI=1S/C20H16ClFN4O2/c1-13(27)26(17-7-4-6-15(22)10-17)19-11-16(12-23-25-19)24-20(28)9-14-5-2-3-8-18(14)21/h2-8,10-12H,9H2,1H3,(H,24,25,28). The molecule has 0 fully saturated rings.